The molecule has 2 aromatic rings. The lowest BCUT2D eigenvalue weighted by Gasteiger charge is -2.02. The van der Waals surface area contributed by atoms with Gasteiger partial charge < -0.3 is 9.30 Å². The number of aryl methyl sites for hydroxylation is 1. The van der Waals surface area contributed by atoms with E-state index in [2.05, 4.69) is 9.72 Å². The van der Waals surface area contributed by atoms with Crippen molar-refractivity contribution in [2.45, 2.75) is 6.92 Å². The van der Waals surface area contributed by atoms with Crippen LogP contribution in [0.5, 0.6) is 0 Å². The molecule has 4 nitrogen and oxygen atoms in total. The van der Waals surface area contributed by atoms with Crippen molar-refractivity contribution in [3.63, 3.8) is 0 Å². The molecule has 1 aromatic heterocycles. The Bertz CT molecular complexity index is 503. The molecule has 82 valence electrons. The van der Waals surface area contributed by atoms with Gasteiger partial charge in [-0.1, -0.05) is 18.2 Å². The summed E-state index contributed by atoms with van der Waals surface area (Å²) in [4.78, 5) is 15.5. The number of carbonyl (C=O) groups is 1. The summed E-state index contributed by atoms with van der Waals surface area (Å²) in [6.07, 6.45) is 1.68. The third-order valence-electron chi connectivity index (χ3n) is 2.31. The van der Waals surface area contributed by atoms with Crippen LogP contribution < -0.4 is 0 Å². The summed E-state index contributed by atoms with van der Waals surface area (Å²) in [7, 11) is 1.35. The predicted octanol–water partition coefficient (Wildman–Crippen LogP) is 1.97. The molecule has 0 saturated carbocycles. The smallest absolute Gasteiger partial charge is 0.358 e. The average Bonchev–Trinajstić information content (AvgIpc) is 2.71. The van der Waals surface area contributed by atoms with Crippen LogP contribution in [0, 0.1) is 6.92 Å². The number of benzene rings is 1. The van der Waals surface area contributed by atoms with Gasteiger partial charge in [0, 0.05) is 11.9 Å². The molecule has 0 N–H and O–H groups in total. The predicted molar refractivity (Wildman–Crippen MR) is 59.6 cm³/mol. The first-order chi connectivity index (χ1) is 7.72. The molecule has 0 unspecified atom stereocenters. The number of nitrogens with zero attached hydrogens (tertiary/aromatic N) is 2. The van der Waals surface area contributed by atoms with Gasteiger partial charge in [-0.3, -0.25) is 0 Å². The summed E-state index contributed by atoms with van der Waals surface area (Å²) < 4.78 is 6.48. The van der Waals surface area contributed by atoms with E-state index in [-0.39, 0.29) is 0 Å². The van der Waals surface area contributed by atoms with Gasteiger partial charge in [0.2, 0.25) is 0 Å². The van der Waals surface area contributed by atoms with Crippen molar-refractivity contribution in [1.82, 2.24) is 9.55 Å². The van der Waals surface area contributed by atoms with Gasteiger partial charge in [-0.25, -0.2) is 9.78 Å². The van der Waals surface area contributed by atoms with E-state index in [1.165, 1.54) is 7.11 Å². The van der Waals surface area contributed by atoms with E-state index >= 15 is 0 Å². The Balaban J connectivity index is 2.44. The highest BCUT2D eigenvalue weighted by atomic mass is 16.5. The fourth-order valence-electron chi connectivity index (χ4n) is 1.53. The first-order valence-electron chi connectivity index (χ1n) is 4.92. The van der Waals surface area contributed by atoms with Crippen molar-refractivity contribution in [2.24, 2.45) is 0 Å². The number of imidazole rings is 1. The van der Waals surface area contributed by atoms with Gasteiger partial charge in [-0.15, -0.1) is 0 Å². The molecule has 16 heavy (non-hydrogen) atoms. The van der Waals surface area contributed by atoms with E-state index in [0.717, 1.165) is 11.5 Å². The molecule has 0 fully saturated rings. The molecule has 0 bridgehead atoms. The van der Waals surface area contributed by atoms with Gasteiger partial charge in [-0.2, -0.15) is 0 Å². The number of hydrogen-bond donors (Lipinski definition) is 0. The molecule has 0 aliphatic rings. The maximum absolute atomic E-state index is 11.3. The number of aromatic nitrogens is 2. The van der Waals surface area contributed by atoms with Crippen molar-refractivity contribution >= 4 is 5.97 Å². The summed E-state index contributed by atoms with van der Waals surface area (Å²) in [5.74, 6) is 0.337. The standard InChI is InChI=1S/C12H12N2O2/c1-9-13-11(12(15)16-2)8-14(9)10-6-4-3-5-7-10/h3-8H,1-2H3. The second-order valence-corrected chi connectivity index (χ2v) is 3.37. The zero-order valence-electron chi connectivity index (χ0n) is 9.18. The van der Waals surface area contributed by atoms with E-state index in [4.69, 9.17) is 0 Å². The van der Waals surface area contributed by atoms with Gasteiger partial charge in [-0.05, 0) is 19.1 Å². The molecule has 0 aliphatic heterocycles. The normalized spacial score (nSPS) is 10.1. The van der Waals surface area contributed by atoms with Gasteiger partial charge >= 0.3 is 5.97 Å². The minimum Gasteiger partial charge on any atom is -0.464 e. The number of carbonyl (C=O) groups excluding carboxylic acids is 1. The van der Waals surface area contributed by atoms with E-state index in [0.29, 0.717) is 5.69 Å². The van der Waals surface area contributed by atoms with Crippen LogP contribution in [-0.4, -0.2) is 22.6 Å². The van der Waals surface area contributed by atoms with Gasteiger partial charge in [0.1, 0.15) is 5.82 Å². The van der Waals surface area contributed by atoms with Crippen LogP contribution in [0.25, 0.3) is 5.69 Å². The Kier molecular flexibility index (Phi) is 2.72. The Morgan fingerprint density at radius 2 is 2.00 bits per heavy atom. The van der Waals surface area contributed by atoms with E-state index < -0.39 is 5.97 Å². The fraction of sp³-hybridized carbons (Fsp3) is 0.167. The lowest BCUT2D eigenvalue weighted by atomic mass is 10.3. The number of para-hydroxylation sites is 1. The van der Waals surface area contributed by atoms with Crippen molar-refractivity contribution in [1.29, 1.82) is 0 Å². The Morgan fingerprint density at radius 1 is 1.31 bits per heavy atom. The molecule has 0 radical (unpaired) electrons. The van der Waals surface area contributed by atoms with Crippen LogP contribution in [0.4, 0.5) is 0 Å². The number of methoxy groups -OCH3 is 1. The van der Waals surface area contributed by atoms with Crippen molar-refractivity contribution < 1.29 is 9.53 Å². The molecule has 4 heteroatoms. The molecule has 1 aromatic carbocycles. The van der Waals surface area contributed by atoms with Crippen LogP contribution in [0.3, 0.4) is 0 Å². The van der Waals surface area contributed by atoms with Crippen LogP contribution in [0.1, 0.15) is 16.3 Å². The molecule has 0 spiro atoms. The average molecular weight is 216 g/mol. The van der Waals surface area contributed by atoms with Crippen molar-refractivity contribution in [3.05, 3.63) is 48.0 Å². The first-order valence-corrected chi connectivity index (χ1v) is 4.92. The SMILES string of the molecule is COC(=O)c1cn(-c2ccccc2)c(C)n1. The molecule has 0 amide bonds. The minimum absolute atomic E-state index is 0.323. The van der Waals surface area contributed by atoms with Crippen LogP contribution >= 0.6 is 0 Å². The second-order valence-electron chi connectivity index (χ2n) is 3.37. The molecular weight excluding hydrogens is 204 g/mol. The Hall–Kier alpha value is -2.10. The number of ether oxygens (including phenoxy) is 1. The summed E-state index contributed by atoms with van der Waals surface area (Å²) in [6, 6.07) is 9.72. The Morgan fingerprint density at radius 3 is 2.62 bits per heavy atom. The monoisotopic (exact) mass is 216 g/mol. The van der Waals surface area contributed by atoms with Gasteiger partial charge in [0.15, 0.2) is 5.69 Å². The zero-order valence-corrected chi connectivity index (χ0v) is 9.18. The number of hydrogen-bond acceptors (Lipinski definition) is 3. The maximum Gasteiger partial charge on any atom is 0.358 e. The number of rotatable bonds is 2. The Labute approximate surface area is 93.5 Å². The summed E-state index contributed by atoms with van der Waals surface area (Å²) in [5.41, 5.74) is 1.30. The highest BCUT2D eigenvalue weighted by Gasteiger charge is 2.12. The lowest BCUT2D eigenvalue weighted by Crippen LogP contribution is -2.01. The molecule has 0 atom stereocenters. The van der Waals surface area contributed by atoms with Crippen molar-refractivity contribution in [3.8, 4) is 5.69 Å². The topological polar surface area (TPSA) is 44.1 Å². The maximum atomic E-state index is 11.3. The quantitative estimate of drug-likeness (QED) is 0.721. The minimum atomic E-state index is -0.419. The second kappa shape index (κ2) is 4.18. The molecule has 1 heterocycles. The third kappa shape index (κ3) is 1.82. The van der Waals surface area contributed by atoms with Gasteiger partial charge in [0.05, 0.1) is 7.11 Å². The first kappa shape index (κ1) is 10.4. The van der Waals surface area contributed by atoms with E-state index in [1.807, 2.05) is 41.8 Å². The molecular formula is C12H12N2O2. The molecule has 0 aliphatic carbocycles. The fourth-order valence-corrected chi connectivity index (χ4v) is 1.53. The molecule has 2 rings (SSSR count). The highest BCUT2D eigenvalue weighted by molar-refractivity contribution is 5.87. The van der Waals surface area contributed by atoms with Crippen LogP contribution in [0.15, 0.2) is 36.5 Å². The van der Waals surface area contributed by atoms with Gasteiger partial charge in [0.25, 0.3) is 0 Å². The lowest BCUT2D eigenvalue weighted by molar-refractivity contribution is 0.0594. The summed E-state index contributed by atoms with van der Waals surface area (Å²) in [6.45, 7) is 1.85. The highest BCUT2D eigenvalue weighted by Crippen LogP contribution is 2.12. The summed E-state index contributed by atoms with van der Waals surface area (Å²) in [5, 5.41) is 0. The third-order valence-corrected chi connectivity index (χ3v) is 2.31. The van der Waals surface area contributed by atoms with E-state index in [1.54, 1.807) is 6.20 Å². The molecule has 0 saturated heterocycles. The zero-order chi connectivity index (χ0) is 11.5. The van der Waals surface area contributed by atoms with Crippen molar-refractivity contribution in [2.75, 3.05) is 7.11 Å². The van der Waals surface area contributed by atoms with Crippen LogP contribution in [-0.2, 0) is 4.74 Å². The number of esters is 1. The largest absolute Gasteiger partial charge is 0.464 e. The van der Waals surface area contributed by atoms with E-state index in [9.17, 15) is 4.79 Å². The summed E-state index contributed by atoms with van der Waals surface area (Å²) >= 11 is 0. The van der Waals surface area contributed by atoms with Crippen LogP contribution in [0.2, 0.25) is 0 Å².